The quantitative estimate of drug-likeness (QED) is 0.935. The van der Waals surface area contributed by atoms with Gasteiger partial charge in [0.1, 0.15) is 12.3 Å². The maximum absolute atomic E-state index is 12.6. The monoisotopic (exact) mass is 338 g/mol. The summed E-state index contributed by atoms with van der Waals surface area (Å²) < 4.78 is 11.2. The summed E-state index contributed by atoms with van der Waals surface area (Å²) in [6.07, 6.45) is 5.13. The van der Waals surface area contributed by atoms with Crippen molar-refractivity contribution < 1.29 is 14.3 Å². The fourth-order valence-electron chi connectivity index (χ4n) is 3.62. The number of para-hydroxylation sites is 1. The fourth-order valence-corrected chi connectivity index (χ4v) is 3.62. The second-order valence-electron chi connectivity index (χ2n) is 6.64. The van der Waals surface area contributed by atoms with Gasteiger partial charge in [0, 0.05) is 11.3 Å². The Morgan fingerprint density at radius 1 is 1.20 bits per heavy atom. The lowest BCUT2D eigenvalue weighted by Gasteiger charge is -2.27. The summed E-state index contributed by atoms with van der Waals surface area (Å²) in [4.78, 5) is 17.2. The first-order valence-corrected chi connectivity index (χ1v) is 8.83. The van der Waals surface area contributed by atoms with Gasteiger partial charge in [0.2, 0.25) is 0 Å². The molecule has 1 aliphatic carbocycles. The molecule has 0 radical (unpaired) electrons. The molecule has 2 heterocycles. The summed E-state index contributed by atoms with van der Waals surface area (Å²) in [5, 5.41) is 3.05. The highest BCUT2D eigenvalue weighted by Gasteiger charge is 2.25. The Labute approximate surface area is 147 Å². The molecular weight excluding hydrogens is 316 g/mol. The van der Waals surface area contributed by atoms with Gasteiger partial charge in [-0.25, -0.2) is 4.98 Å². The summed E-state index contributed by atoms with van der Waals surface area (Å²) >= 11 is 0. The van der Waals surface area contributed by atoms with Crippen molar-refractivity contribution in [1.82, 2.24) is 10.3 Å². The standard InChI is InChI=1S/C20H22N2O3/c1-24-18-8-4-6-14-11-15(12-25-19(14)18)21-20(23)17-10-9-13-5-2-3-7-16(13)22-17/h4,6,8-10,15H,2-3,5,7,11-12H2,1H3,(H,21,23)/t15-/m0/s1. The SMILES string of the molecule is COc1cccc2c1OC[C@@H](NC(=O)c1ccc3c(n1)CCCC3)C2. The molecule has 130 valence electrons. The number of aromatic nitrogens is 1. The molecule has 1 N–H and O–H groups in total. The highest BCUT2D eigenvalue weighted by Crippen LogP contribution is 2.34. The molecule has 0 saturated carbocycles. The number of amides is 1. The number of pyridine rings is 1. The first kappa shape index (κ1) is 15.9. The van der Waals surface area contributed by atoms with Gasteiger partial charge >= 0.3 is 0 Å². The van der Waals surface area contributed by atoms with Crippen LogP contribution in [0.4, 0.5) is 0 Å². The molecule has 2 aliphatic rings. The highest BCUT2D eigenvalue weighted by molar-refractivity contribution is 5.92. The van der Waals surface area contributed by atoms with Crippen molar-refractivity contribution in [2.45, 2.75) is 38.1 Å². The number of carbonyl (C=O) groups is 1. The van der Waals surface area contributed by atoms with Crippen LogP contribution in [0.15, 0.2) is 30.3 Å². The fraction of sp³-hybridized carbons (Fsp3) is 0.400. The van der Waals surface area contributed by atoms with Gasteiger partial charge in [0.15, 0.2) is 11.5 Å². The first-order chi connectivity index (χ1) is 12.2. The van der Waals surface area contributed by atoms with Crippen molar-refractivity contribution in [1.29, 1.82) is 0 Å². The van der Waals surface area contributed by atoms with E-state index < -0.39 is 0 Å². The third kappa shape index (κ3) is 3.18. The third-order valence-corrected chi connectivity index (χ3v) is 4.92. The Morgan fingerprint density at radius 2 is 2.08 bits per heavy atom. The second-order valence-corrected chi connectivity index (χ2v) is 6.64. The Balaban J connectivity index is 1.46. The lowest BCUT2D eigenvalue weighted by atomic mass is 9.96. The molecule has 0 saturated heterocycles. The van der Waals surface area contributed by atoms with Crippen LogP contribution in [0.5, 0.6) is 11.5 Å². The number of benzene rings is 1. The molecule has 1 amide bonds. The molecule has 1 aliphatic heterocycles. The van der Waals surface area contributed by atoms with E-state index in [0.29, 0.717) is 12.3 Å². The van der Waals surface area contributed by atoms with Gasteiger partial charge in [-0.2, -0.15) is 0 Å². The van der Waals surface area contributed by atoms with Gasteiger partial charge < -0.3 is 14.8 Å². The van der Waals surface area contributed by atoms with Crippen molar-refractivity contribution in [3.05, 3.63) is 52.8 Å². The van der Waals surface area contributed by atoms with E-state index in [2.05, 4.69) is 10.3 Å². The molecule has 0 fully saturated rings. The highest BCUT2D eigenvalue weighted by atomic mass is 16.5. The Morgan fingerprint density at radius 3 is 2.96 bits per heavy atom. The summed E-state index contributed by atoms with van der Waals surface area (Å²) in [5.41, 5.74) is 3.91. The third-order valence-electron chi connectivity index (χ3n) is 4.92. The number of nitrogens with one attached hydrogen (secondary N) is 1. The zero-order valence-electron chi connectivity index (χ0n) is 14.4. The van der Waals surface area contributed by atoms with Gasteiger partial charge in [-0.15, -0.1) is 0 Å². The molecule has 4 rings (SSSR count). The zero-order valence-corrected chi connectivity index (χ0v) is 14.4. The molecule has 25 heavy (non-hydrogen) atoms. The average molecular weight is 338 g/mol. The van der Waals surface area contributed by atoms with E-state index in [1.165, 1.54) is 12.0 Å². The van der Waals surface area contributed by atoms with E-state index in [0.717, 1.165) is 48.4 Å². The van der Waals surface area contributed by atoms with Gasteiger partial charge in [0.25, 0.3) is 5.91 Å². The minimum absolute atomic E-state index is 0.0649. The summed E-state index contributed by atoms with van der Waals surface area (Å²) in [6.45, 7) is 0.435. The molecule has 0 bridgehead atoms. The minimum Gasteiger partial charge on any atom is -0.493 e. The minimum atomic E-state index is -0.131. The predicted molar refractivity (Wildman–Crippen MR) is 94.3 cm³/mol. The number of carbonyl (C=O) groups excluding carboxylic acids is 1. The summed E-state index contributed by atoms with van der Waals surface area (Å²) in [6, 6.07) is 9.65. The molecule has 1 atom stereocenters. The van der Waals surface area contributed by atoms with E-state index in [1.54, 1.807) is 7.11 Å². The number of rotatable bonds is 3. The van der Waals surface area contributed by atoms with E-state index in [9.17, 15) is 4.79 Å². The average Bonchev–Trinajstić information content (AvgIpc) is 2.66. The zero-order chi connectivity index (χ0) is 17.2. The van der Waals surface area contributed by atoms with Gasteiger partial charge in [-0.1, -0.05) is 18.2 Å². The molecular formula is C20H22N2O3. The van der Waals surface area contributed by atoms with Crippen molar-refractivity contribution in [2.24, 2.45) is 0 Å². The van der Waals surface area contributed by atoms with Crippen molar-refractivity contribution in [2.75, 3.05) is 13.7 Å². The number of hydrogen-bond acceptors (Lipinski definition) is 4. The summed E-state index contributed by atoms with van der Waals surface area (Å²) in [5.74, 6) is 1.38. The number of hydrogen-bond donors (Lipinski definition) is 1. The first-order valence-electron chi connectivity index (χ1n) is 8.83. The topological polar surface area (TPSA) is 60.5 Å². The van der Waals surface area contributed by atoms with Crippen molar-refractivity contribution in [3.63, 3.8) is 0 Å². The van der Waals surface area contributed by atoms with Crippen LogP contribution in [0.3, 0.4) is 0 Å². The number of aryl methyl sites for hydroxylation is 2. The molecule has 5 heteroatoms. The van der Waals surface area contributed by atoms with Crippen LogP contribution in [0, 0.1) is 0 Å². The maximum Gasteiger partial charge on any atom is 0.270 e. The van der Waals surface area contributed by atoms with Crippen LogP contribution < -0.4 is 14.8 Å². The van der Waals surface area contributed by atoms with Crippen LogP contribution in [0.2, 0.25) is 0 Å². The lowest BCUT2D eigenvalue weighted by molar-refractivity contribution is 0.0909. The number of nitrogens with zero attached hydrogens (tertiary/aromatic N) is 1. The number of fused-ring (bicyclic) bond motifs is 2. The Bertz CT molecular complexity index is 804. The molecule has 2 aromatic rings. The van der Waals surface area contributed by atoms with Gasteiger partial charge in [0.05, 0.1) is 13.2 Å². The number of ether oxygens (including phenoxy) is 2. The predicted octanol–water partition coefficient (Wildman–Crippen LogP) is 2.70. The second kappa shape index (κ2) is 6.75. The van der Waals surface area contributed by atoms with Crippen LogP contribution in [0.25, 0.3) is 0 Å². The van der Waals surface area contributed by atoms with Crippen molar-refractivity contribution in [3.8, 4) is 11.5 Å². The molecule has 0 spiro atoms. The van der Waals surface area contributed by atoms with Crippen LogP contribution >= 0.6 is 0 Å². The van der Waals surface area contributed by atoms with Crippen molar-refractivity contribution >= 4 is 5.91 Å². The maximum atomic E-state index is 12.6. The number of methoxy groups -OCH3 is 1. The van der Waals surface area contributed by atoms with E-state index in [1.807, 2.05) is 30.3 Å². The summed E-state index contributed by atoms with van der Waals surface area (Å²) in [7, 11) is 1.63. The van der Waals surface area contributed by atoms with Crippen LogP contribution in [0.1, 0.15) is 40.2 Å². The smallest absolute Gasteiger partial charge is 0.270 e. The van der Waals surface area contributed by atoms with E-state index in [4.69, 9.17) is 9.47 Å². The molecule has 1 aromatic heterocycles. The Kier molecular flexibility index (Phi) is 4.30. The van der Waals surface area contributed by atoms with Gasteiger partial charge in [-0.3, -0.25) is 4.79 Å². The van der Waals surface area contributed by atoms with E-state index >= 15 is 0 Å². The van der Waals surface area contributed by atoms with Crippen LogP contribution in [-0.2, 0) is 19.3 Å². The molecule has 5 nitrogen and oxygen atoms in total. The largest absolute Gasteiger partial charge is 0.493 e. The lowest BCUT2D eigenvalue weighted by Crippen LogP contribution is -2.43. The van der Waals surface area contributed by atoms with E-state index in [-0.39, 0.29) is 11.9 Å². The molecule has 1 aromatic carbocycles. The molecule has 0 unspecified atom stereocenters. The van der Waals surface area contributed by atoms with Crippen LogP contribution in [-0.4, -0.2) is 30.6 Å². The van der Waals surface area contributed by atoms with Gasteiger partial charge in [-0.05, 0) is 49.8 Å². The Hall–Kier alpha value is -2.56. The normalized spacial score (nSPS) is 18.5.